The van der Waals surface area contributed by atoms with Crippen LogP contribution < -0.4 is 0 Å². The molecule has 2 rings (SSSR count). The van der Waals surface area contributed by atoms with Gasteiger partial charge in [0.2, 0.25) is 0 Å². The summed E-state index contributed by atoms with van der Waals surface area (Å²) in [5, 5.41) is 0. The summed E-state index contributed by atoms with van der Waals surface area (Å²) in [6, 6.07) is 6.25. The molecule has 0 aliphatic carbocycles. The molecule has 1 heterocycles. The van der Waals surface area contributed by atoms with Crippen LogP contribution in [-0.4, -0.2) is 5.78 Å². The third kappa shape index (κ3) is 2.58. The molecule has 0 aliphatic rings. The highest BCUT2D eigenvalue weighted by Gasteiger charge is 2.11. The number of benzene rings is 1. The summed E-state index contributed by atoms with van der Waals surface area (Å²) in [5.74, 6) is -0.485. The molecule has 1 aromatic carbocycles. The van der Waals surface area contributed by atoms with Crippen LogP contribution in [0, 0.1) is 11.6 Å². The zero-order valence-electron chi connectivity index (χ0n) is 9.17. The van der Waals surface area contributed by atoms with Crippen LogP contribution in [0.25, 0.3) is 11.3 Å². The van der Waals surface area contributed by atoms with Crippen LogP contribution in [0.2, 0.25) is 0 Å². The van der Waals surface area contributed by atoms with Gasteiger partial charge in [0, 0.05) is 0 Å². The molecule has 0 saturated carbocycles. The number of ketones is 1. The van der Waals surface area contributed by atoms with Gasteiger partial charge < -0.3 is 4.42 Å². The van der Waals surface area contributed by atoms with Crippen LogP contribution in [0.3, 0.4) is 0 Å². The maximum absolute atomic E-state index is 13.4. The maximum atomic E-state index is 13.4. The Morgan fingerprint density at radius 1 is 1.24 bits per heavy atom. The molecule has 0 radical (unpaired) electrons. The minimum atomic E-state index is -0.560. The van der Waals surface area contributed by atoms with Crippen LogP contribution in [0.4, 0.5) is 8.78 Å². The highest BCUT2D eigenvalue weighted by atomic mass is 19.1. The normalized spacial score (nSPS) is 10.5. The summed E-state index contributed by atoms with van der Waals surface area (Å²) in [7, 11) is 0. The summed E-state index contributed by atoms with van der Waals surface area (Å²) < 4.78 is 31.7. The average molecular weight is 236 g/mol. The van der Waals surface area contributed by atoms with E-state index in [2.05, 4.69) is 0 Å². The van der Waals surface area contributed by atoms with Gasteiger partial charge in [-0.1, -0.05) is 0 Å². The molecule has 0 spiro atoms. The van der Waals surface area contributed by atoms with E-state index < -0.39 is 11.6 Å². The number of carbonyl (C=O) groups excluding carboxylic acids is 1. The van der Waals surface area contributed by atoms with Crippen LogP contribution in [-0.2, 0) is 11.2 Å². The van der Waals surface area contributed by atoms with Gasteiger partial charge in [0.25, 0.3) is 0 Å². The summed E-state index contributed by atoms with van der Waals surface area (Å²) in [6.07, 6.45) is 0.150. The van der Waals surface area contributed by atoms with Crippen molar-refractivity contribution in [3.8, 4) is 11.3 Å². The van der Waals surface area contributed by atoms with Crippen molar-refractivity contribution >= 4 is 5.78 Å². The predicted octanol–water partition coefficient (Wildman–Crippen LogP) is 3.36. The van der Waals surface area contributed by atoms with Gasteiger partial charge in [0.1, 0.15) is 28.9 Å². The molecule has 0 N–H and O–H groups in total. The highest BCUT2D eigenvalue weighted by molar-refractivity contribution is 5.77. The van der Waals surface area contributed by atoms with E-state index in [1.807, 2.05) is 0 Å². The van der Waals surface area contributed by atoms with Crippen molar-refractivity contribution in [3.63, 3.8) is 0 Å². The molecule has 2 aromatic rings. The quantitative estimate of drug-likeness (QED) is 0.818. The average Bonchev–Trinajstić information content (AvgIpc) is 2.69. The first-order chi connectivity index (χ1) is 8.06. The highest BCUT2D eigenvalue weighted by Crippen LogP contribution is 2.26. The van der Waals surface area contributed by atoms with Gasteiger partial charge in [-0.25, -0.2) is 8.78 Å². The molecular weight excluding hydrogens is 226 g/mol. The van der Waals surface area contributed by atoms with E-state index in [1.165, 1.54) is 13.0 Å². The van der Waals surface area contributed by atoms with E-state index in [9.17, 15) is 13.6 Å². The van der Waals surface area contributed by atoms with Crippen molar-refractivity contribution in [2.45, 2.75) is 13.3 Å². The number of rotatable bonds is 3. The van der Waals surface area contributed by atoms with Gasteiger partial charge in [-0.05, 0) is 37.3 Å². The molecule has 2 nitrogen and oxygen atoms in total. The van der Waals surface area contributed by atoms with Crippen LogP contribution in [0.15, 0.2) is 34.7 Å². The van der Waals surface area contributed by atoms with Gasteiger partial charge in [-0.2, -0.15) is 0 Å². The van der Waals surface area contributed by atoms with Gasteiger partial charge in [0.05, 0.1) is 12.0 Å². The Labute approximate surface area is 96.9 Å². The van der Waals surface area contributed by atoms with Crippen molar-refractivity contribution in [1.29, 1.82) is 0 Å². The minimum Gasteiger partial charge on any atom is -0.461 e. The molecule has 0 amide bonds. The predicted molar refractivity (Wildman–Crippen MR) is 58.4 cm³/mol. The van der Waals surface area contributed by atoms with Crippen LogP contribution >= 0.6 is 0 Å². The van der Waals surface area contributed by atoms with Gasteiger partial charge in [-0.15, -0.1) is 0 Å². The Morgan fingerprint density at radius 3 is 2.71 bits per heavy atom. The number of hydrogen-bond acceptors (Lipinski definition) is 2. The SMILES string of the molecule is CC(=O)Cc1ccc(-c2cc(F)ccc2F)o1. The molecule has 1 aromatic heterocycles. The molecule has 17 heavy (non-hydrogen) atoms. The second-order valence-electron chi connectivity index (χ2n) is 3.77. The van der Waals surface area contributed by atoms with Gasteiger partial charge in [0.15, 0.2) is 0 Å². The third-order valence-electron chi connectivity index (χ3n) is 2.28. The second-order valence-corrected chi connectivity index (χ2v) is 3.77. The number of halogens is 2. The van der Waals surface area contributed by atoms with Gasteiger partial charge in [-0.3, -0.25) is 4.79 Å². The lowest BCUT2D eigenvalue weighted by molar-refractivity contribution is -0.116. The number of hydrogen-bond donors (Lipinski definition) is 0. The summed E-state index contributed by atoms with van der Waals surface area (Å²) in [5.41, 5.74) is 0.0554. The molecule has 0 atom stereocenters. The van der Waals surface area contributed by atoms with E-state index in [1.54, 1.807) is 6.07 Å². The third-order valence-corrected chi connectivity index (χ3v) is 2.28. The number of carbonyl (C=O) groups is 1. The Balaban J connectivity index is 2.36. The fraction of sp³-hybridized carbons (Fsp3) is 0.154. The Kier molecular flexibility index (Phi) is 3.04. The van der Waals surface area contributed by atoms with Crippen molar-refractivity contribution in [2.75, 3.05) is 0 Å². The standard InChI is InChI=1S/C13H10F2O2/c1-8(16)6-10-3-5-13(17-10)11-7-9(14)2-4-12(11)15/h2-5,7H,6H2,1H3. The number of Topliss-reactive ketones (excluding diaryl/α,β-unsaturated/α-hetero) is 1. The zero-order valence-corrected chi connectivity index (χ0v) is 9.17. The lowest BCUT2D eigenvalue weighted by atomic mass is 10.1. The molecule has 4 heteroatoms. The van der Waals surface area contributed by atoms with Crippen molar-refractivity contribution in [1.82, 2.24) is 0 Å². The van der Waals surface area contributed by atoms with Crippen molar-refractivity contribution < 1.29 is 18.0 Å². The summed E-state index contributed by atoms with van der Waals surface area (Å²) in [6.45, 7) is 1.44. The first-order valence-corrected chi connectivity index (χ1v) is 5.10. The number of furan rings is 1. The van der Waals surface area contributed by atoms with E-state index in [-0.39, 0.29) is 23.5 Å². The lowest BCUT2D eigenvalue weighted by Crippen LogP contribution is -1.93. The first kappa shape index (κ1) is 11.5. The van der Waals surface area contributed by atoms with Crippen molar-refractivity contribution in [3.05, 3.63) is 47.7 Å². The van der Waals surface area contributed by atoms with E-state index in [4.69, 9.17) is 4.42 Å². The minimum absolute atomic E-state index is 0.0504. The van der Waals surface area contributed by atoms with Crippen molar-refractivity contribution in [2.24, 2.45) is 0 Å². The summed E-state index contributed by atoms with van der Waals surface area (Å²) in [4.78, 5) is 10.9. The monoisotopic (exact) mass is 236 g/mol. The first-order valence-electron chi connectivity index (χ1n) is 5.10. The largest absolute Gasteiger partial charge is 0.461 e. The van der Waals surface area contributed by atoms with E-state index in [0.29, 0.717) is 5.76 Å². The topological polar surface area (TPSA) is 30.2 Å². The molecule has 0 unspecified atom stereocenters. The molecule has 0 aliphatic heterocycles. The van der Waals surface area contributed by atoms with E-state index >= 15 is 0 Å². The summed E-state index contributed by atoms with van der Waals surface area (Å²) >= 11 is 0. The van der Waals surface area contributed by atoms with Crippen LogP contribution in [0.5, 0.6) is 0 Å². The molecular formula is C13H10F2O2. The molecule has 0 saturated heterocycles. The molecule has 0 fully saturated rings. The lowest BCUT2D eigenvalue weighted by Gasteiger charge is -1.99. The zero-order chi connectivity index (χ0) is 12.4. The fourth-order valence-electron chi connectivity index (χ4n) is 1.55. The van der Waals surface area contributed by atoms with Crippen LogP contribution in [0.1, 0.15) is 12.7 Å². The smallest absolute Gasteiger partial charge is 0.137 e. The van der Waals surface area contributed by atoms with Gasteiger partial charge >= 0.3 is 0 Å². The Hall–Kier alpha value is -1.97. The Bertz CT molecular complexity index is 558. The fourth-order valence-corrected chi connectivity index (χ4v) is 1.55. The van der Waals surface area contributed by atoms with E-state index in [0.717, 1.165) is 18.2 Å². The molecule has 88 valence electrons. The second kappa shape index (κ2) is 4.49. The molecule has 0 bridgehead atoms. The Morgan fingerprint density at radius 2 is 2.00 bits per heavy atom. The maximum Gasteiger partial charge on any atom is 0.137 e.